The van der Waals surface area contributed by atoms with Gasteiger partial charge in [-0.25, -0.2) is 0 Å². The van der Waals surface area contributed by atoms with Gasteiger partial charge in [0.2, 0.25) is 0 Å². The highest BCUT2D eigenvalue weighted by Crippen LogP contribution is 2.84. The summed E-state index contributed by atoms with van der Waals surface area (Å²) < 4.78 is 35.1. The van der Waals surface area contributed by atoms with Crippen LogP contribution in [0.3, 0.4) is 0 Å². The first-order valence-corrected chi connectivity index (χ1v) is 26.2. The number of fused-ring (bicyclic) bond motifs is 17. The zero-order valence-electron chi connectivity index (χ0n) is 36.2. The summed E-state index contributed by atoms with van der Waals surface area (Å²) in [5.41, 5.74) is 0. The summed E-state index contributed by atoms with van der Waals surface area (Å²) in [5, 5.41) is 0. The van der Waals surface area contributed by atoms with Crippen LogP contribution in [0.25, 0.3) is 0 Å². The maximum absolute atomic E-state index is 12.7. The van der Waals surface area contributed by atoms with Gasteiger partial charge in [0.05, 0.1) is 27.7 Å². The van der Waals surface area contributed by atoms with E-state index in [0.29, 0.717) is 24.1 Å². The molecule has 0 N–H and O–H groups in total. The summed E-state index contributed by atoms with van der Waals surface area (Å²) in [6.07, 6.45) is 27.8. The molecular formula is C48H80NO7P. The number of unbranched alkanes of at least 4 members (excludes halogenated alkanes) is 9. The maximum atomic E-state index is 12.7. The number of phosphoric acid groups is 1. The van der Waals surface area contributed by atoms with Crippen molar-refractivity contribution >= 4 is 13.8 Å². The summed E-state index contributed by atoms with van der Waals surface area (Å²) in [7, 11) is 1.46. The van der Waals surface area contributed by atoms with Gasteiger partial charge in [-0.1, -0.05) is 77.0 Å². The van der Waals surface area contributed by atoms with Gasteiger partial charge < -0.3 is 27.9 Å². The van der Waals surface area contributed by atoms with Crippen LogP contribution in [0, 0.1) is 94.7 Å². The predicted molar refractivity (Wildman–Crippen MR) is 221 cm³/mol. The number of carbonyl (C=O) groups is 1. The van der Waals surface area contributed by atoms with E-state index in [0.717, 1.165) is 109 Å². The third-order valence-electron chi connectivity index (χ3n) is 18.7. The van der Waals surface area contributed by atoms with Crippen LogP contribution < -0.4 is 4.89 Å². The van der Waals surface area contributed by atoms with Crippen LogP contribution in [0.2, 0.25) is 0 Å². The molecule has 8 nitrogen and oxygen atoms in total. The molecule has 0 bridgehead atoms. The molecule has 57 heavy (non-hydrogen) atoms. The number of phosphoric ester groups is 1. The summed E-state index contributed by atoms with van der Waals surface area (Å²) in [6, 6.07) is 0. The van der Waals surface area contributed by atoms with E-state index in [2.05, 4.69) is 0 Å². The number of nitrogens with zero attached hydrogens (tertiary/aromatic N) is 1. The van der Waals surface area contributed by atoms with Gasteiger partial charge >= 0.3 is 5.97 Å². The molecule has 0 amide bonds. The molecule has 0 aromatic heterocycles. The Balaban J connectivity index is 0.603. The van der Waals surface area contributed by atoms with Crippen LogP contribution in [-0.2, 0) is 27.9 Å². The third-order valence-corrected chi connectivity index (χ3v) is 19.7. The number of esters is 1. The first-order valence-electron chi connectivity index (χ1n) is 24.8. The van der Waals surface area contributed by atoms with E-state index in [1.165, 1.54) is 88.9 Å². The van der Waals surface area contributed by atoms with Crippen LogP contribution >= 0.6 is 7.82 Å². The van der Waals surface area contributed by atoms with E-state index in [1.807, 2.05) is 21.1 Å². The number of hydrogen-bond donors (Lipinski definition) is 0. The lowest BCUT2D eigenvalue weighted by molar-refractivity contribution is -0.870. The maximum Gasteiger partial charge on any atom is 0.305 e. The van der Waals surface area contributed by atoms with Crippen molar-refractivity contribution in [2.75, 3.05) is 54.1 Å². The molecule has 9 rings (SSSR count). The molecule has 9 fully saturated rings. The highest BCUT2D eigenvalue weighted by molar-refractivity contribution is 7.45. The molecule has 0 aromatic rings. The molecule has 0 aliphatic heterocycles. The Labute approximate surface area is 346 Å². The van der Waals surface area contributed by atoms with Gasteiger partial charge in [0, 0.05) is 13.0 Å². The molecule has 9 aliphatic carbocycles. The second kappa shape index (κ2) is 17.7. The van der Waals surface area contributed by atoms with Gasteiger partial charge in [-0.15, -0.1) is 0 Å². The average Bonchev–Trinajstić information content (AvgIpc) is 3.13. The molecule has 9 heteroatoms. The zero-order valence-corrected chi connectivity index (χ0v) is 37.1. The van der Waals surface area contributed by atoms with Gasteiger partial charge in [0.25, 0.3) is 7.82 Å². The predicted octanol–water partition coefficient (Wildman–Crippen LogP) is 9.69. The number of quaternary nitrogens is 1. The lowest BCUT2D eigenvalue weighted by atomic mass is 9.20. The van der Waals surface area contributed by atoms with Crippen molar-refractivity contribution < 1.29 is 37.3 Å². The molecule has 0 heterocycles. The SMILES string of the molecule is C[N+](C)(C)CCOP(=O)([O-])OC[C@@H](COC(=O)CCCCCCCC1CC2C1C1C3C4CCC4C3C21)OCCCCCCCCC1CCC2C(C1)C1C3CCC3C21. The van der Waals surface area contributed by atoms with Crippen molar-refractivity contribution in [1.82, 2.24) is 0 Å². The molecule has 0 aromatic carbocycles. The monoisotopic (exact) mass is 814 g/mol. The number of ether oxygens (including phenoxy) is 2. The van der Waals surface area contributed by atoms with Crippen molar-refractivity contribution in [3.05, 3.63) is 0 Å². The smallest absolute Gasteiger partial charge is 0.305 e. The Morgan fingerprint density at radius 2 is 1.18 bits per heavy atom. The minimum Gasteiger partial charge on any atom is -0.756 e. The second-order valence-corrected chi connectivity index (χ2v) is 23.9. The van der Waals surface area contributed by atoms with E-state index in [-0.39, 0.29) is 25.8 Å². The summed E-state index contributed by atoms with van der Waals surface area (Å²) in [6.45, 7) is 0.878. The fraction of sp³-hybridized carbons (Fsp3) is 0.979. The van der Waals surface area contributed by atoms with Gasteiger partial charge in [-0.05, 0) is 152 Å². The van der Waals surface area contributed by atoms with Crippen molar-refractivity contribution in [2.45, 2.75) is 147 Å². The minimum absolute atomic E-state index is 0.00245. The normalized spacial score (nSPS) is 42.5. The molecule has 17 unspecified atom stereocenters. The van der Waals surface area contributed by atoms with Crippen LogP contribution in [0.1, 0.15) is 141 Å². The highest BCUT2D eigenvalue weighted by atomic mass is 31.2. The molecule has 0 saturated heterocycles. The number of rotatable bonds is 27. The van der Waals surface area contributed by atoms with E-state index in [9.17, 15) is 14.3 Å². The number of likely N-dealkylation sites (N-methyl/N-ethyl adjacent to an activating group) is 1. The Morgan fingerprint density at radius 1 is 0.596 bits per heavy atom. The fourth-order valence-electron chi connectivity index (χ4n) is 15.7. The number of carbonyl (C=O) groups excluding carboxylic acids is 1. The molecule has 18 atom stereocenters. The summed E-state index contributed by atoms with van der Waals surface area (Å²) in [4.78, 5) is 25.2. The van der Waals surface area contributed by atoms with Gasteiger partial charge in [0.15, 0.2) is 0 Å². The Hall–Kier alpha value is -0.500. The first kappa shape index (κ1) is 41.8. The van der Waals surface area contributed by atoms with Crippen LogP contribution in [0.15, 0.2) is 0 Å². The van der Waals surface area contributed by atoms with Crippen molar-refractivity contribution in [3.63, 3.8) is 0 Å². The lowest BCUT2D eigenvalue weighted by Gasteiger charge is -2.85. The van der Waals surface area contributed by atoms with Gasteiger partial charge in [0.1, 0.15) is 25.9 Å². The van der Waals surface area contributed by atoms with Crippen molar-refractivity contribution in [2.24, 2.45) is 94.7 Å². The molecule has 0 spiro atoms. The topological polar surface area (TPSA) is 94.1 Å². The highest BCUT2D eigenvalue weighted by Gasteiger charge is 2.79. The second-order valence-electron chi connectivity index (χ2n) is 22.5. The van der Waals surface area contributed by atoms with E-state index < -0.39 is 13.9 Å². The fourth-order valence-corrected chi connectivity index (χ4v) is 16.4. The van der Waals surface area contributed by atoms with Crippen LogP contribution in [-0.4, -0.2) is 70.7 Å². The minimum atomic E-state index is -4.49. The quantitative estimate of drug-likeness (QED) is 0.0268. The Kier molecular flexibility index (Phi) is 13.0. The zero-order chi connectivity index (χ0) is 39.3. The van der Waals surface area contributed by atoms with Crippen molar-refractivity contribution in [3.8, 4) is 0 Å². The van der Waals surface area contributed by atoms with Crippen molar-refractivity contribution in [1.29, 1.82) is 0 Å². The van der Waals surface area contributed by atoms with Gasteiger partial charge in [-0.3, -0.25) is 9.36 Å². The van der Waals surface area contributed by atoms with E-state index in [1.54, 1.807) is 32.1 Å². The average molecular weight is 814 g/mol. The Morgan fingerprint density at radius 3 is 1.89 bits per heavy atom. The third kappa shape index (κ3) is 8.65. The largest absolute Gasteiger partial charge is 0.756 e. The Bertz CT molecular complexity index is 1410. The molecule has 9 saturated carbocycles. The van der Waals surface area contributed by atoms with E-state index >= 15 is 0 Å². The summed E-state index contributed by atoms with van der Waals surface area (Å²) in [5.74, 6) is 17.8. The molecular weight excluding hydrogens is 734 g/mol. The van der Waals surface area contributed by atoms with Crippen LogP contribution in [0.5, 0.6) is 0 Å². The first-order chi connectivity index (χ1) is 27.6. The number of hydrogen-bond acceptors (Lipinski definition) is 7. The van der Waals surface area contributed by atoms with E-state index in [4.69, 9.17) is 18.5 Å². The van der Waals surface area contributed by atoms with Gasteiger partial charge in [-0.2, -0.15) is 0 Å². The molecule has 9 aliphatic rings. The lowest BCUT2D eigenvalue weighted by Crippen LogP contribution is -2.80. The summed E-state index contributed by atoms with van der Waals surface area (Å²) >= 11 is 0. The van der Waals surface area contributed by atoms with Crippen LogP contribution in [0.4, 0.5) is 0 Å². The standard InChI is InChI=1S/C48H80NO7P/c1-49(2,3)24-26-55-57(51,52)56-30-33(53-25-14-10-5-4-7-11-15-31-18-19-38-39(27-31)44-35-21-20-34(35)43(38)44)29-54-41(50)17-13-9-6-8-12-16-32-28-40-42(32)48-46-37-23-22-36(37)45(46)47(40)48/h31-40,42-48H,4-30H2,1-3H3/t31?,32?,33-,34?,35?,36?,37?,38?,39?,40?,42?,43?,44?,45?,46?,47?,48?/m1/s1. The molecule has 324 valence electrons. The molecule has 0 radical (unpaired) electrons.